The first-order valence-electron chi connectivity index (χ1n) is 4.05. The third kappa shape index (κ3) is 1.66. The summed E-state index contributed by atoms with van der Waals surface area (Å²) in [6.07, 6.45) is 0. The lowest BCUT2D eigenvalue weighted by Crippen LogP contribution is -2.08. The summed E-state index contributed by atoms with van der Waals surface area (Å²) in [6.45, 7) is 0. The summed E-state index contributed by atoms with van der Waals surface area (Å²) in [5, 5.41) is 0.162. The molecule has 0 spiro atoms. The molecule has 0 aliphatic carbocycles. The summed E-state index contributed by atoms with van der Waals surface area (Å²) in [5.41, 5.74) is -0.231. The number of fused-ring (bicyclic) bond motifs is 1. The molecule has 0 atom stereocenters. The van der Waals surface area contributed by atoms with E-state index in [9.17, 15) is 9.18 Å². The highest BCUT2D eigenvalue weighted by molar-refractivity contribution is 6.28. The number of nitrogens with one attached hydrogen (secondary N) is 1. The van der Waals surface area contributed by atoms with E-state index in [-0.39, 0.29) is 21.9 Å². The fourth-order valence-corrected chi connectivity index (χ4v) is 1.45. The summed E-state index contributed by atoms with van der Waals surface area (Å²) >= 11 is 5.53. The van der Waals surface area contributed by atoms with Crippen LogP contribution in [0.3, 0.4) is 0 Å². The Hall–Kier alpha value is -1.62. The van der Waals surface area contributed by atoms with E-state index in [1.54, 1.807) is 0 Å². The van der Waals surface area contributed by atoms with Gasteiger partial charge in [-0.2, -0.15) is 0 Å². The van der Waals surface area contributed by atoms with E-state index in [1.165, 1.54) is 13.2 Å². The van der Waals surface area contributed by atoms with Crippen molar-refractivity contribution in [2.45, 2.75) is 0 Å². The second-order valence-corrected chi connectivity index (χ2v) is 3.22. The van der Waals surface area contributed by atoms with Gasteiger partial charge in [0, 0.05) is 6.07 Å². The minimum absolute atomic E-state index is 0.00266. The van der Waals surface area contributed by atoms with E-state index < -0.39 is 11.4 Å². The zero-order valence-corrected chi connectivity index (χ0v) is 8.43. The van der Waals surface area contributed by atoms with Gasteiger partial charge in [-0.15, -0.1) is 0 Å². The third-order valence-corrected chi connectivity index (χ3v) is 2.13. The first kappa shape index (κ1) is 9.92. The van der Waals surface area contributed by atoms with Gasteiger partial charge in [0.25, 0.3) is 5.56 Å². The number of ether oxygens (including phenoxy) is 1. The molecule has 4 nitrogen and oxygen atoms in total. The van der Waals surface area contributed by atoms with Crippen LogP contribution in [-0.4, -0.2) is 17.1 Å². The lowest BCUT2D eigenvalue weighted by molar-refractivity contribution is 0.387. The molecule has 0 saturated heterocycles. The number of H-pyrrole nitrogens is 1. The van der Waals surface area contributed by atoms with E-state index >= 15 is 0 Å². The van der Waals surface area contributed by atoms with Crippen LogP contribution in [0.4, 0.5) is 4.39 Å². The van der Waals surface area contributed by atoms with Gasteiger partial charge in [0.2, 0.25) is 5.28 Å². The second-order valence-electron chi connectivity index (χ2n) is 2.86. The Morgan fingerprint density at radius 3 is 2.93 bits per heavy atom. The predicted octanol–water partition coefficient (Wildman–Crippen LogP) is 1.72. The Kier molecular flexibility index (Phi) is 2.32. The van der Waals surface area contributed by atoms with Gasteiger partial charge in [-0.1, -0.05) is 0 Å². The summed E-state index contributed by atoms with van der Waals surface area (Å²) in [7, 11) is 1.32. The standard InChI is InChI=1S/C9H6ClFN2O2/c1-15-7-2-4-6(3-5(7)11)12-9(10)13-8(4)14/h2-3H,1H3,(H,12,13,14). The van der Waals surface area contributed by atoms with Crippen molar-refractivity contribution in [3.05, 3.63) is 33.6 Å². The van der Waals surface area contributed by atoms with Crippen LogP contribution in [-0.2, 0) is 0 Å². The molecule has 2 aromatic rings. The molecule has 1 aromatic carbocycles. The molecular formula is C9H6ClFN2O2. The Morgan fingerprint density at radius 2 is 2.27 bits per heavy atom. The molecule has 0 bridgehead atoms. The highest BCUT2D eigenvalue weighted by atomic mass is 35.5. The molecule has 1 aromatic heterocycles. The van der Waals surface area contributed by atoms with E-state index in [4.69, 9.17) is 16.3 Å². The van der Waals surface area contributed by atoms with Crippen LogP contribution in [0.1, 0.15) is 0 Å². The fourth-order valence-electron chi connectivity index (χ4n) is 1.27. The molecule has 0 saturated carbocycles. The number of rotatable bonds is 1. The van der Waals surface area contributed by atoms with Crippen LogP contribution >= 0.6 is 11.6 Å². The number of hydrogen-bond donors (Lipinski definition) is 1. The van der Waals surface area contributed by atoms with Crippen molar-refractivity contribution >= 4 is 22.5 Å². The lowest BCUT2D eigenvalue weighted by Gasteiger charge is -2.03. The van der Waals surface area contributed by atoms with Crippen molar-refractivity contribution in [2.75, 3.05) is 7.11 Å². The average Bonchev–Trinajstić information content (AvgIpc) is 2.16. The Morgan fingerprint density at radius 1 is 1.53 bits per heavy atom. The SMILES string of the molecule is COc1cc2c(=O)[nH]c(Cl)nc2cc1F. The number of nitrogens with zero attached hydrogens (tertiary/aromatic N) is 1. The Labute approximate surface area is 88.7 Å². The molecule has 0 radical (unpaired) electrons. The van der Waals surface area contributed by atoms with E-state index in [1.807, 2.05) is 0 Å². The van der Waals surface area contributed by atoms with Gasteiger partial charge in [0.15, 0.2) is 11.6 Å². The van der Waals surface area contributed by atoms with Crippen molar-refractivity contribution in [1.82, 2.24) is 9.97 Å². The fraction of sp³-hybridized carbons (Fsp3) is 0.111. The molecule has 0 amide bonds. The van der Waals surface area contributed by atoms with Gasteiger partial charge < -0.3 is 4.74 Å². The highest BCUT2D eigenvalue weighted by Gasteiger charge is 2.09. The van der Waals surface area contributed by atoms with Gasteiger partial charge in [0.05, 0.1) is 18.0 Å². The largest absolute Gasteiger partial charge is 0.494 e. The molecule has 6 heteroatoms. The molecule has 0 fully saturated rings. The molecule has 1 N–H and O–H groups in total. The quantitative estimate of drug-likeness (QED) is 0.757. The maximum absolute atomic E-state index is 13.3. The minimum atomic E-state index is -0.584. The van der Waals surface area contributed by atoms with Crippen LogP contribution in [0, 0.1) is 5.82 Å². The first-order chi connectivity index (χ1) is 7.11. The van der Waals surface area contributed by atoms with E-state index in [0.717, 1.165) is 6.07 Å². The normalized spacial score (nSPS) is 10.6. The van der Waals surface area contributed by atoms with Crippen molar-refractivity contribution in [3.63, 3.8) is 0 Å². The van der Waals surface area contributed by atoms with Crippen molar-refractivity contribution in [1.29, 1.82) is 0 Å². The Bertz CT molecular complexity index is 582. The zero-order valence-electron chi connectivity index (χ0n) is 7.67. The van der Waals surface area contributed by atoms with Crippen molar-refractivity contribution in [2.24, 2.45) is 0 Å². The molecule has 1 heterocycles. The monoisotopic (exact) mass is 228 g/mol. The third-order valence-electron chi connectivity index (χ3n) is 1.95. The molecule has 15 heavy (non-hydrogen) atoms. The number of methoxy groups -OCH3 is 1. The molecule has 0 aliphatic rings. The molecule has 2 rings (SSSR count). The van der Waals surface area contributed by atoms with Gasteiger partial charge in [0.1, 0.15) is 0 Å². The van der Waals surface area contributed by atoms with Gasteiger partial charge in [-0.3, -0.25) is 9.78 Å². The first-order valence-corrected chi connectivity index (χ1v) is 4.42. The van der Waals surface area contributed by atoms with Crippen LogP contribution in [0.5, 0.6) is 5.75 Å². The summed E-state index contributed by atoms with van der Waals surface area (Å²) < 4.78 is 18.0. The summed E-state index contributed by atoms with van der Waals surface area (Å²) in [4.78, 5) is 17.5. The molecular weight excluding hydrogens is 223 g/mol. The molecule has 0 aliphatic heterocycles. The Balaban J connectivity index is 2.87. The van der Waals surface area contributed by atoms with Crippen LogP contribution in [0.15, 0.2) is 16.9 Å². The van der Waals surface area contributed by atoms with Gasteiger partial charge in [-0.05, 0) is 17.7 Å². The second kappa shape index (κ2) is 3.51. The minimum Gasteiger partial charge on any atom is -0.494 e. The number of halogens is 2. The van der Waals surface area contributed by atoms with Gasteiger partial charge >= 0.3 is 0 Å². The number of aromatic nitrogens is 2. The number of hydrogen-bond acceptors (Lipinski definition) is 3. The van der Waals surface area contributed by atoms with E-state index in [0.29, 0.717) is 0 Å². The van der Waals surface area contributed by atoms with Crippen LogP contribution in [0.2, 0.25) is 5.28 Å². The predicted molar refractivity (Wildman–Crippen MR) is 53.9 cm³/mol. The van der Waals surface area contributed by atoms with Crippen molar-refractivity contribution in [3.8, 4) is 5.75 Å². The smallest absolute Gasteiger partial charge is 0.259 e. The summed E-state index contributed by atoms with van der Waals surface area (Å²) in [6, 6.07) is 2.39. The highest BCUT2D eigenvalue weighted by Crippen LogP contribution is 2.21. The van der Waals surface area contributed by atoms with Crippen LogP contribution in [0.25, 0.3) is 10.9 Å². The molecule has 0 unspecified atom stereocenters. The molecule has 78 valence electrons. The van der Waals surface area contributed by atoms with Gasteiger partial charge in [-0.25, -0.2) is 9.37 Å². The zero-order chi connectivity index (χ0) is 11.0. The van der Waals surface area contributed by atoms with E-state index in [2.05, 4.69) is 9.97 Å². The number of benzene rings is 1. The topological polar surface area (TPSA) is 55.0 Å². The summed E-state index contributed by atoms with van der Waals surface area (Å²) in [5.74, 6) is -0.587. The lowest BCUT2D eigenvalue weighted by atomic mass is 10.2. The van der Waals surface area contributed by atoms with Crippen molar-refractivity contribution < 1.29 is 9.13 Å². The number of aromatic amines is 1. The average molecular weight is 229 g/mol. The maximum Gasteiger partial charge on any atom is 0.259 e. The maximum atomic E-state index is 13.3. The van der Waals surface area contributed by atoms with Crippen LogP contribution < -0.4 is 10.3 Å².